The number of rotatable bonds is 0. The van der Waals surface area contributed by atoms with E-state index in [2.05, 4.69) is 17.2 Å². The van der Waals surface area contributed by atoms with Gasteiger partial charge in [0, 0.05) is 16.7 Å². The molecule has 5 heteroatoms. The highest BCUT2D eigenvalue weighted by molar-refractivity contribution is 6.32. The summed E-state index contributed by atoms with van der Waals surface area (Å²) >= 11 is 0. The Morgan fingerprint density at radius 2 is 1.45 bits per heavy atom. The Morgan fingerprint density at radius 1 is 0.773 bits per heavy atom. The van der Waals surface area contributed by atoms with E-state index in [1.54, 1.807) is 36.4 Å². The minimum absolute atomic E-state index is 0.197. The van der Waals surface area contributed by atoms with E-state index in [-0.39, 0.29) is 22.8 Å². The second kappa shape index (κ2) is 4.14. The average Bonchev–Trinajstić information content (AvgIpc) is 2.53. The summed E-state index contributed by atoms with van der Waals surface area (Å²) in [5, 5.41) is 5.49. The minimum atomic E-state index is -0.417. The van der Waals surface area contributed by atoms with E-state index in [0.29, 0.717) is 28.1 Å². The molecular formula is C17H10N2O3. The second-order valence-electron chi connectivity index (χ2n) is 5.17. The summed E-state index contributed by atoms with van der Waals surface area (Å²) in [6, 6.07) is 9.95. The largest absolute Gasteiger partial charge is 0.350 e. The van der Waals surface area contributed by atoms with Gasteiger partial charge in [0.25, 0.3) is 5.91 Å². The smallest absolute Gasteiger partial charge is 0.271 e. The second-order valence-corrected chi connectivity index (χ2v) is 5.17. The van der Waals surface area contributed by atoms with Gasteiger partial charge in [-0.1, -0.05) is 30.8 Å². The van der Waals surface area contributed by atoms with Crippen LogP contribution in [-0.4, -0.2) is 17.5 Å². The van der Waals surface area contributed by atoms with Crippen LogP contribution in [0.4, 0.5) is 11.4 Å². The molecule has 0 unspecified atom stereocenters. The number of hydrogen-bond donors (Lipinski definition) is 2. The molecule has 2 N–H and O–H groups in total. The van der Waals surface area contributed by atoms with Gasteiger partial charge in [-0.25, -0.2) is 0 Å². The Morgan fingerprint density at radius 3 is 2.18 bits per heavy atom. The summed E-state index contributed by atoms with van der Waals surface area (Å²) in [6.45, 7) is 3.60. The molecule has 0 radical (unpaired) electrons. The lowest BCUT2D eigenvalue weighted by Crippen LogP contribution is -2.29. The van der Waals surface area contributed by atoms with Gasteiger partial charge in [0.05, 0.1) is 22.6 Å². The molecule has 22 heavy (non-hydrogen) atoms. The number of nitrogens with one attached hydrogen (secondary N) is 2. The molecule has 0 fully saturated rings. The van der Waals surface area contributed by atoms with Crippen molar-refractivity contribution in [2.24, 2.45) is 0 Å². The summed E-state index contributed by atoms with van der Waals surface area (Å²) < 4.78 is 0. The van der Waals surface area contributed by atoms with Gasteiger partial charge < -0.3 is 10.6 Å². The first kappa shape index (κ1) is 12.5. The van der Waals surface area contributed by atoms with Crippen molar-refractivity contribution < 1.29 is 14.4 Å². The third-order valence-electron chi connectivity index (χ3n) is 3.89. The van der Waals surface area contributed by atoms with Crippen LogP contribution in [0.1, 0.15) is 31.8 Å². The van der Waals surface area contributed by atoms with Crippen LogP contribution < -0.4 is 10.6 Å². The topological polar surface area (TPSA) is 75.3 Å². The number of carbonyl (C=O) groups excluding carboxylic acids is 3. The number of anilines is 2. The zero-order valence-corrected chi connectivity index (χ0v) is 11.4. The zero-order valence-electron chi connectivity index (χ0n) is 11.4. The van der Waals surface area contributed by atoms with E-state index in [9.17, 15) is 14.4 Å². The van der Waals surface area contributed by atoms with Crippen molar-refractivity contribution >= 4 is 28.8 Å². The van der Waals surface area contributed by atoms with E-state index in [1.165, 1.54) is 0 Å². The predicted octanol–water partition coefficient (Wildman–Crippen LogP) is 2.34. The van der Waals surface area contributed by atoms with Crippen LogP contribution in [0.15, 0.2) is 48.7 Å². The molecule has 0 atom stereocenters. The molecule has 1 aliphatic carbocycles. The highest BCUT2D eigenvalue weighted by atomic mass is 16.2. The summed E-state index contributed by atoms with van der Waals surface area (Å²) in [5.74, 6) is -0.900. The predicted molar refractivity (Wildman–Crippen MR) is 81.1 cm³/mol. The summed E-state index contributed by atoms with van der Waals surface area (Å²) in [5.41, 5.74) is 2.37. The maximum atomic E-state index is 12.8. The van der Waals surface area contributed by atoms with Gasteiger partial charge in [0.1, 0.15) is 0 Å². The van der Waals surface area contributed by atoms with Crippen molar-refractivity contribution in [1.29, 1.82) is 0 Å². The Bertz CT molecular complexity index is 912. The fraction of sp³-hybridized carbons (Fsp3) is 0. The molecule has 0 saturated carbocycles. The molecule has 0 aromatic heterocycles. The number of carbonyl (C=O) groups is 3. The van der Waals surface area contributed by atoms with Crippen LogP contribution in [0.2, 0.25) is 0 Å². The number of benzene rings is 2. The third kappa shape index (κ3) is 1.50. The summed E-state index contributed by atoms with van der Waals surface area (Å²) in [6.07, 6.45) is 0. The van der Waals surface area contributed by atoms with Crippen molar-refractivity contribution in [3.05, 3.63) is 70.9 Å². The van der Waals surface area contributed by atoms with E-state index in [0.717, 1.165) is 0 Å². The van der Waals surface area contributed by atoms with Crippen molar-refractivity contribution in [2.75, 3.05) is 10.6 Å². The maximum absolute atomic E-state index is 12.8. The number of ketones is 2. The highest BCUT2D eigenvalue weighted by Gasteiger charge is 2.34. The molecule has 4 rings (SSSR count). The molecule has 2 aliphatic rings. The molecular weight excluding hydrogens is 280 g/mol. The molecule has 106 valence electrons. The lowest BCUT2D eigenvalue weighted by Gasteiger charge is -2.26. The molecule has 1 heterocycles. The summed E-state index contributed by atoms with van der Waals surface area (Å²) in [7, 11) is 0. The summed E-state index contributed by atoms with van der Waals surface area (Å²) in [4.78, 5) is 37.1. The normalized spacial score (nSPS) is 15.5. The molecule has 0 saturated heterocycles. The highest BCUT2D eigenvalue weighted by Crippen LogP contribution is 2.38. The van der Waals surface area contributed by atoms with Crippen LogP contribution in [0.5, 0.6) is 0 Å². The first-order valence-electron chi connectivity index (χ1n) is 6.70. The number of fused-ring (bicyclic) bond motifs is 4. The molecule has 2 aromatic carbocycles. The zero-order chi connectivity index (χ0) is 15.4. The van der Waals surface area contributed by atoms with Crippen LogP contribution in [0.3, 0.4) is 0 Å². The fourth-order valence-corrected chi connectivity index (χ4v) is 2.83. The number of amides is 1. The Kier molecular flexibility index (Phi) is 2.36. The van der Waals surface area contributed by atoms with Crippen molar-refractivity contribution in [3.63, 3.8) is 0 Å². The molecule has 0 bridgehead atoms. The van der Waals surface area contributed by atoms with Gasteiger partial charge in [-0.05, 0) is 12.1 Å². The standard InChI is InChI=1S/C17H10N2O3/c1-8-17(22)19-14-12(18-8)7-6-11-13(14)16(21)10-5-3-2-4-9(10)15(11)20/h2-7,18H,1H2,(H,19,22). The first-order chi connectivity index (χ1) is 10.6. The van der Waals surface area contributed by atoms with Gasteiger partial charge in [-0.15, -0.1) is 0 Å². The van der Waals surface area contributed by atoms with Crippen LogP contribution in [0.25, 0.3) is 0 Å². The van der Waals surface area contributed by atoms with E-state index in [4.69, 9.17) is 0 Å². The maximum Gasteiger partial charge on any atom is 0.271 e. The monoisotopic (exact) mass is 290 g/mol. The lowest BCUT2D eigenvalue weighted by molar-refractivity contribution is -0.112. The van der Waals surface area contributed by atoms with Crippen molar-refractivity contribution in [3.8, 4) is 0 Å². The van der Waals surface area contributed by atoms with Crippen LogP contribution in [-0.2, 0) is 4.79 Å². The Labute approximate surface area is 125 Å². The van der Waals surface area contributed by atoms with E-state index in [1.807, 2.05) is 0 Å². The van der Waals surface area contributed by atoms with Gasteiger partial charge in [-0.2, -0.15) is 0 Å². The SMILES string of the molecule is C=C1Nc2ccc3c(c2NC1=O)C(=O)c1ccccc1C3=O. The van der Waals surface area contributed by atoms with Gasteiger partial charge in [0.15, 0.2) is 11.6 Å². The molecule has 2 aromatic rings. The fourth-order valence-electron chi connectivity index (χ4n) is 2.83. The van der Waals surface area contributed by atoms with E-state index < -0.39 is 5.91 Å². The quantitative estimate of drug-likeness (QED) is 0.623. The Hall–Kier alpha value is -3.21. The van der Waals surface area contributed by atoms with Gasteiger partial charge in [-0.3, -0.25) is 14.4 Å². The molecule has 0 spiro atoms. The molecule has 5 nitrogen and oxygen atoms in total. The van der Waals surface area contributed by atoms with Crippen molar-refractivity contribution in [2.45, 2.75) is 0 Å². The van der Waals surface area contributed by atoms with E-state index >= 15 is 0 Å². The van der Waals surface area contributed by atoms with Gasteiger partial charge in [0.2, 0.25) is 0 Å². The van der Waals surface area contributed by atoms with Gasteiger partial charge >= 0.3 is 0 Å². The molecule has 1 amide bonds. The van der Waals surface area contributed by atoms with Crippen LogP contribution in [0, 0.1) is 0 Å². The molecule has 1 aliphatic heterocycles. The van der Waals surface area contributed by atoms with Crippen LogP contribution >= 0.6 is 0 Å². The minimum Gasteiger partial charge on any atom is -0.350 e. The lowest BCUT2D eigenvalue weighted by atomic mass is 9.82. The number of hydrogen-bond acceptors (Lipinski definition) is 4. The first-order valence-corrected chi connectivity index (χ1v) is 6.70. The van der Waals surface area contributed by atoms with Crippen molar-refractivity contribution in [1.82, 2.24) is 0 Å². The Balaban J connectivity index is 2.00. The average molecular weight is 290 g/mol. The third-order valence-corrected chi connectivity index (χ3v) is 3.89.